The highest BCUT2D eigenvalue weighted by atomic mass is 16.2. The van der Waals surface area contributed by atoms with Gasteiger partial charge in [0, 0.05) is 37.3 Å². The molecule has 0 saturated carbocycles. The van der Waals surface area contributed by atoms with E-state index in [-0.39, 0.29) is 11.4 Å². The first-order chi connectivity index (χ1) is 9.15. The van der Waals surface area contributed by atoms with Crippen molar-refractivity contribution in [2.75, 3.05) is 13.1 Å². The van der Waals surface area contributed by atoms with Gasteiger partial charge in [-0.05, 0) is 12.8 Å². The Labute approximate surface area is 113 Å². The molecule has 2 heterocycles. The van der Waals surface area contributed by atoms with Crippen LogP contribution in [0, 0.1) is 0 Å². The highest BCUT2D eigenvalue weighted by Crippen LogP contribution is 2.18. The lowest BCUT2D eigenvalue weighted by Crippen LogP contribution is -2.53. The van der Waals surface area contributed by atoms with Crippen LogP contribution in [0.15, 0.2) is 0 Å². The molecule has 1 aliphatic rings. The molecule has 0 bridgehead atoms. The lowest BCUT2D eigenvalue weighted by molar-refractivity contribution is 0.0889. The molecule has 6 nitrogen and oxygen atoms in total. The maximum Gasteiger partial charge on any atom is 0.272 e. The van der Waals surface area contributed by atoms with Crippen molar-refractivity contribution in [2.45, 2.75) is 45.2 Å². The summed E-state index contributed by atoms with van der Waals surface area (Å²) in [7, 11) is 0. The molecule has 1 aromatic heterocycles. The molecular weight excluding hydrogens is 242 g/mol. The first-order valence-electron chi connectivity index (χ1n) is 6.95. The molecule has 6 heteroatoms. The van der Waals surface area contributed by atoms with Crippen LogP contribution in [0.4, 0.5) is 0 Å². The molecule has 1 amide bonds. The summed E-state index contributed by atoms with van der Waals surface area (Å²) >= 11 is 0. The van der Waals surface area contributed by atoms with E-state index in [1.165, 1.54) is 0 Å². The lowest BCUT2D eigenvalue weighted by Gasteiger charge is -2.31. The molecule has 0 unspecified atom stereocenters. The minimum absolute atomic E-state index is 0.129. The van der Waals surface area contributed by atoms with E-state index in [1.54, 1.807) is 0 Å². The van der Waals surface area contributed by atoms with Crippen molar-refractivity contribution < 1.29 is 4.79 Å². The van der Waals surface area contributed by atoms with Crippen LogP contribution in [0.3, 0.4) is 0 Å². The fourth-order valence-electron chi connectivity index (χ4n) is 2.48. The molecule has 0 saturated heterocycles. The normalized spacial score (nSPS) is 15.1. The van der Waals surface area contributed by atoms with Crippen LogP contribution in [-0.4, -0.2) is 34.7 Å². The first-order valence-corrected chi connectivity index (χ1v) is 6.95. The van der Waals surface area contributed by atoms with Crippen LogP contribution in [-0.2, 0) is 13.0 Å². The number of amides is 1. The molecule has 2 rings (SSSR count). The average Bonchev–Trinajstić information content (AvgIpc) is 2.89. The van der Waals surface area contributed by atoms with Gasteiger partial charge in [0.2, 0.25) is 0 Å². The van der Waals surface area contributed by atoms with Crippen molar-refractivity contribution in [1.82, 2.24) is 20.8 Å². The number of nitrogens with two attached hydrogens (primary N) is 1. The van der Waals surface area contributed by atoms with Crippen molar-refractivity contribution >= 4 is 5.91 Å². The summed E-state index contributed by atoms with van der Waals surface area (Å²) in [6, 6.07) is 0. The molecule has 0 aliphatic carbocycles. The number of aromatic nitrogens is 2. The molecule has 106 valence electrons. The van der Waals surface area contributed by atoms with Crippen LogP contribution in [0.5, 0.6) is 0 Å². The molecule has 0 atom stereocenters. The molecule has 0 fully saturated rings. The third kappa shape index (κ3) is 2.64. The van der Waals surface area contributed by atoms with Gasteiger partial charge in [0.15, 0.2) is 5.69 Å². The number of carbonyl (C=O) groups excluding carboxylic acids is 1. The molecule has 1 aliphatic heterocycles. The van der Waals surface area contributed by atoms with Crippen LogP contribution in [0.2, 0.25) is 0 Å². The van der Waals surface area contributed by atoms with Crippen molar-refractivity contribution in [2.24, 2.45) is 5.73 Å². The second-order valence-electron chi connectivity index (χ2n) is 5.10. The Morgan fingerprint density at radius 1 is 1.47 bits per heavy atom. The maximum atomic E-state index is 12.4. The Kier molecular flexibility index (Phi) is 4.21. The van der Waals surface area contributed by atoms with Crippen LogP contribution >= 0.6 is 0 Å². The van der Waals surface area contributed by atoms with Gasteiger partial charge in [-0.3, -0.25) is 9.89 Å². The topological polar surface area (TPSA) is 95.8 Å². The molecule has 0 spiro atoms. The second kappa shape index (κ2) is 5.71. The van der Waals surface area contributed by atoms with Gasteiger partial charge in [0.1, 0.15) is 0 Å². The summed E-state index contributed by atoms with van der Waals surface area (Å²) < 4.78 is 0. The van der Waals surface area contributed by atoms with E-state index in [2.05, 4.69) is 20.8 Å². The Hall–Kier alpha value is -1.40. The van der Waals surface area contributed by atoms with Gasteiger partial charge < -0.3 is 16.4 Å². The zero-order chi connectivity index (χ0) is 13.9. The lowest BCUT2D eigenvalue weighted by atomic mass is 9.92. The molecule has 19 heavy (non-hydrogen) atoms. The minimum Gasteiger partial charge on any atom is -0.344 e. The number of hydrogen-bond acceptors (Lipinski definition) is 4. The van der Waals surface area contributed by atoms with Crippen LogP contribution < -0.4 is 16.4 Å². The van der Waals surface area contributed by atoms with Gasteiger partial charge in [-0.1, -0.05) is 13.8 Å². The van der Waals surface area contributed by atoms with Gasteiger partial charge in [0.05, 0.1) is 5.54 Å². The quantitative estimate of drug-likeness (QED) is 0.616. The van der Waals surface area contributed by atoms with E-state index >= 15 is 0 Å². The monoisotopic (exact) mass is 265 g/mol. The number of aromatic amines is 1. The number of hydrogen-bond donors (Lipinski definition) is 4. The maximum absolute atomic E-state index is 12.4. The summed E-state index contributed by atoms with van der Waals surface area (Å²) in [5.74, 6) is -0.129. The van der Waals surface area contributed by atoms with E-state index in [0.29, 0.717) is 18.8 Å². The summed E-state index contributed by atoms with van der Waals surface area (Å²) in [5.41, 5.74) is 8.04. The van der Waals surface area contributed by atoms with Gasteiger partial charge >= 0.3 is 0 Å². The Balaban J connectivity index is 2.18. The summed E-state index contributed by atoms with van der Waals surface area (Å²) in [5, 5.41) is 13.5. The zero-order valence-corrected chi connectivity index (χ0v) is 11.7. The highest BCUT2D eigenvalue weighted by molar-refractivity contribution is 5.94. The van der Waals surface area contributed by atoms with E-state index in [4.69, 9.17) is 5.73 Å². The molecule has 0 radical (unpaired) electrons. The molecular formula is C13H23N5O. The second-order valence-corrected chi connectivity index (χ2v) is 5.10. The van der Waals surface area contributed by atoms with Gasteiger partial charge in [-0.2, -0.15) is 5.10 Å². The van der Waals surface area contributed by atoms with Crippen molar-refractivity contribution in [1.29, 1.82) is 0 Å². The summed E-state index contributed by atoms with van der Waals surface area (Å²) in [4.78, 5) is 12.4. The number of H-pyrrole nitrogens is 1. The van der Waals surface area contributed by atoms with Crippen molar-refractivity contribution in [3.63, 3.8) is 0 Å². The predicted molar refractivity (Wildman–Crippen MR) is 73.8 cm³/mol. The predicted octanol–water partition coefficient (Wildman–Crippen LogP) is 0.303. The Morgan fingerprint density at radius 2 is 2.21 bits per heavy atom. The van der Waals surface area contributed by atoms with E-state index in [0.717, 1.165) is 37.1 Å². The fourth-order valence-corrected chi connectivity index (χ4v) is 2.48. The molecule has 1 aromatic rings. The highest BCUT2D eigenvalue weighted by Gasteiger charge is 2.29. The number of nitrogens with zero attached hydrogens (tertiary/aromatic N) is 1. The summed E-state index contributed by atoms with van der Waals surface area (Å²) in [6.07, 6.45) is 2.52. The number of carbonyl (C=O) groups is 1. The molecule has 5 N–H and O–H groups in total. The smallest absolute Gasteiger partial charge is 0.272 e. The van der Waals surface area contributed by atoms with Crippen LogP contribution in [0.25, 0.3) is 0 Å². The van der Waals surface area contributed by atoms with Gasteiger partial charge in [-0.15, -0.1) is 0 Å². The zero-order valence-electron chi connectivity index (χ0n) is 11.7. The van der Waals surface area contributed by atoms with Crippen LogP contribution in [0.1, 0.15) is 48.4 Å². The van der Waals surface area contributed by atoms with Crippen molar-refractivity contribution in [3.05, 3.63) is 17.0 Å². The minimum atomic E-state index is -0.328. The average molecular weight is 265 g/mol. The first kappa shape index (κ1) is 14.0. The van der Waals surface area contributed by atoms with Gasteiger partial charge in [0.25, 0.3) is 5.91 Å². The Morgan fingerprint density at radius 3 is 2.84 bits per heavy atom. The summed E-state index contributed by atoms with van der Waals surface area (Å²) in [6.45, 7) is 6.14. The number of fused-ring (bicyclic) bond motifs is 1. The van der Waals surface area contributed by atoms with Gasteiger partial charge in [-0.25, -0.2) is 0 Å². The SMILES string of the molecule is CCC(CC)(CN)NC(=O)c1n[nH]c2c1CNCC2. The third-order valence-corrected chi connectivity index (χ3v) is 4.14. The van der Waals surface area contributed by atoms with E-state index < -0.39 is 0 Å². The van der Waals surface area contributed by atoms with E-state index in [1.807, 2.05) is 13.8 Å². The third-order valence-electron chi connectivity index (χ3n) is 4.14. The van der Waals surface area contributed by atoms with Crippen molar-refractivity contribution in [3.8, 4) is 0 Å². The fraction of sp³-hybridized carbons (Fsp3) is 0.692. The molecule has 0 aromatic carbocycles. The Bertz CT molecular complexity index is 442. The number of rotatable bonds is 5. The standard InChI is InChI=1S/C13H23N5O/c1-3-13(4-2,8-14)16-12(19)11-9-7-15-6-5-10(9)17-18-11/h15H,3-8,14H2,1-2H3,(H,16,19)(H,17,18). The van der Waals surface area contributed by atoms with E-state index in [9.17, 15) is 4.79 Å². The largest absolute Gasteiger partial charge is 0.344 e. The number of nitrogens with one attached hydrogen (secondary N) is 3.